The van der Waals surface area contributed by atoms with Crippen LogP contribution in [0.1, 0.15) is 18.8 Å². The first-order valence-electron chi connectivity index (χ1n) is 5.54. The topological polar surface area (TPSA) is 61.0 Å². The average molecular weight is 308 g/mol. The Morgan fingerprint density at radius 1 is 1.33 bits per heavy atom. The van der Waals surface area contributed by atoms with E-state index in [9.17, 15) is 0 Å². The maximum Gasteiger partial charge on any atom is 0.145 e. The van der Waals surface area contributed by atoms with Crippen LogP contribution >= 0.6 is 15.9 Å². The Morgan fingerprint density at radius 2 is 2.11 bits per heavy atom. The van der Waals surface area contributed by atoms with Crippen molar-refractivity contribution in [3.05, 3.63) is 40.8 Å². The van der Waals surface area contributed by atoms with Crippen LogP contribution in [0.5, 0.6) is 5.75 Å². The van der Waals surface area contributed by atoms with Crippen molar-refractivity contribution in [1.29, 1.82) is 0 Å². The van der Waals surface area contributed by atoms with Gasteiger partial charge in [-0.3, -0.25) is 0 Å². The second kappa shape index (κ2) is 5.46. The zero-order valence-corrected chi connectivity index (χ0v) is 11.8. The van der Waals surface area contributed by atoms with E-state index in [2.05, 4.69) is 25.9 Å². The van der Waals surface area contributed by atoms with Crippen molar-refractivity contribution in [1.82, 2.24) is 9.97 Å². The van der Waals surface area contributed by atoms with Crippen LogP contribution in [0.4, 0.5) is 0 Å². The smallest absolute Gasteiger partial charge is 0.145 e. The fourth-order valence-electron chi connectivity index (χ4n) is 1.58. The van der Waals surface area contributed by atoms with Crippen LogP contribution in [0.15, 0.2) is 34.9 Å². The monoisotopic (exact) mass is 307 g/mol. The van der Waals surface area contributed by atoms with Crippen LogP contribution in [-0.2, 0) is 0 Å². The van der Waals surface area contributed by atoms with Crippen LogP contribution in [0.3, 0.4) is 0 Å². The molecule has 18 heavy (non-hydrogen) atoms. The van der Waals surface area contributed by atoms with Gasteiger partial charge in [0.05, 0.1) is 23.3 Å². The molecule has 0 spiro atoms. The van der Waals surface area contributed by atoms with E-state index >= 15 is 0 Å². The first-order chi connectivity index (χ1) is 8.61. The second-order valence-electron chi connectivity index (χ2n) is 3.94. The van der Waals surface area contributed by atoms with E-state index in [-0.39, 0.29) is 6.04 Å². The third-order valence-electron chi connectivity index (χ3n) is 2.53. The molecule has 0 fully saturated rings. The van der Waals surface area contributed by atoms with Gasteiger partial charge in [0.25, 0.3) is 0 Å². The summed E-state index contributed by atoms with van der Waals surface area (Å²) in [5, 5.41) is 0. The number of nitrogens with zero attached hydrogens (tertiary/aromatic N) is 2. The lowest BCUT2D eigenvalue weighted by Gasteiger charge is -2.08. The number of nitrogens with two attached hydrogens (primary N) is 1. The van der Waals surface area contributed by atoms with E-state index in [4.69, 9.17) is 10.5 Å². The summed E-state index contributed by atoms with van der Waals surface area (Å²) in [6.07, 6.45) is 1.72. The van der Waals surface area contributed by atoms with Gasteiger partial charge in [-0.15, -0.1) is 0 Å². The number of hydrogen-bond donors (Lipinski definition) is 1. The van der Waals surface area contributed by atoms with Gasteiger partial charge in [0, 0.05) is 11.8 Å². The van der Waals surface area contributed by atoms with Gasteiger partial charge >= 0.3 is 0 Å². The largest absolute Gasteiger partial charge is 0.496 e. The Balaban J connectivity index is 2.42. The van der Waals surface area contributed by atoms with Crippen molar-refractivity contribution < 1.29 is 4.74 Å². The summed E-state index contributed by atoms with van der Waals surface area (Å²) >= 11 is 3.46. The summed E-state index contributed by atoms with van der Waals surface area (Å²) in [5.41, 5.74) is 7.62. The maximum absolute atomic E-state index is 5.78. The molecule has 0 saturated carbocycles. The molecule has 2 N–H and O–H groups in total. The van der Waals surface area contributed by atoms with Gasteiger partial charge in [0.1, 0.15) is 11.6 Å². The van der Waals surface area contributed by atoms with Crippen molar-refractivity contribution in [2.24, 2.45) is 5.73 Å². The van der Waals surface area contributed by atoms with Gasteiger partial charge in [-0.2, -0.15) is 0 Å². The molecule has 0 radical (unpaired) electrons. The minimum atomic E-state index is -0.174. The number of aromatic nitrogens is 2. The predicted molar refractivity (Wildman–Crippen MR) is 74.3 cm³/mol. The van der Waals surface area contributed by atoms with Crippen molar-refractivity contribution in [3.8, 4) is 17.0 Å². The van der Waals surface area contributed by atoms with Gasteiger partial charge < -0.3 is 10.5 Å². The first-order valence-corrected chi connectivity index (χ1v) is 6.33. The van der Waals surface area contributed by atoms with Gasteiger partial charge in [-0.1, -0.05) is 0 Å². The first kappa shape index (κ1) is 13.0. The van der Waals surface area contributed by atoms with E-state index in [0.717, 1.165) is 21.5 Å². The zero-order chi connectivity index (χ0) is 13.1. The third-order valence-corrected chi connectivity index (χ3v) is 3.15. The zero-order valence-electron chi connectivity index (χ0n) is 10.2. The molecule has 1 aromatic carbocycles. The molecule has 0 aliphatic heterocycles. The van der Waals surface area contributed by atoms with Crippen molar-refractivity contribution in [2.75, 3.05) is 7.11 Å². The number of benzene rings is 1. The van der Waals surface area contributed by atoms with Crippen LogP contribution in [0.25, 0.3) is 11.3 Å². The molecule has 0 bridgehead atoms. The molecule has 1 aromatic heterocycles. The van der Waals surface area contributed by atoms with E-state index in [1.54, 1.807) is 13.3 Å². The third kappa shape index (κ3) is 2.68. The molecule has 0 saturated heterocycles. The SMILES string of the molecule is COc1ccc(-c2ccnc(C(C)N)n2)cc1Br. The van der Waals surface area contributed by atoms with E-state index in [1.807, 2.05) is 31.2 Å². The molecule has 1 unspecified atom stereocenters. The van der Waals surface area contributed by atoms with E-state index < -0.39 is 0 Å². The van der Waals surface area contributed by atoms with E-state index in [0.29, 0.717) is 5.82 Å². The normalized spacial score (nSPS) is 12.2. The molecule has 2 aromatic rings. The molecule has 0 aliphatic carbocycles. The van der Waals surface area contributed by atoms with E-state index in [1.165, 1.54) is 0 Å². The van der Waals surface area contributed by atoms with Gasteiger partial charge in [-0.25, -0.2) is 9.97 Å². The number of ether oxygens (including phenoxy) is 1. The van der Waals surface area contributed by atoms with Crippen LogP contribution in [0.2, 0.25) is 0 Å². The number of halogens is 1. The molecule has 1 heterocycles. The van der Waals surface area contributed by atoms with Gasteiger partial charge in [-0.05, 0) is 47.1 Å². The highest BCUT2D eigenvalue weighted by Gasteiger charge is 2.07. The van der Waals surface area contributed by atoms with Crippen molar-refractivity contribution in [3.63, 3.8) is 0 Å². The average Bonchev–Trinajstić information content (AvgIpc) is 2.38. The van der Waals surface area contributed by atoms with Crippen LogP contribution in [0, 0.1) is 0 Å². The minimum absolute atomic E-state index is 0.174. The summed E-state index contributed by atoms with van der Waals surface area (Å²) in [7, 11) is 1.64. The Bertz CT molecular complexity index is 558. The number of methoxy groups -OCH3 is 1. The lowest BCUT2D eigenvalue weighted by Crippen LogP contribution is -2.09. The molecular weight excluding hydrogens is 294 g/mol. The van der Waals surface area contributed by atoms with Gasteiger partial charge in [0.15, 0.2) is 0 Å². The molecule has 0 aliphatic rings. The van der Waals surface area contributed by atoms with Crippen molar-refractivity contribution in [2.45, 2.75) is 13.0 Å². The lowest BCUT2D eigenvalue weighted by atomic mass is 10.1. The number of hydrogen-bond acceptors (Lipinski definition) is 4. The Labute approximate surface area is 114 Å². The maximum atomic E-state index is 5.78. The van der Waals surface area contributed by atoms with Crippen LogP contribution < -0.4 is 10.5 Å². The molecule has 4 nitrogen and oxygen atoms in total. The number of rotatable bonds is 3. The van der Waals surface area contributed by atoms with Crippen LogP contribution in [-0.4, -0.2) is 17.1 Å². The Hall–Kier alpha value is -1.46. The Kier molecular flexibility index (Phi) is 3.93. The summed E-state index contributed by atoms with van der Waals surface area (Å²) in [4.78, 5) is 8.59. The molecule has 2 rings (SSSR count). The molecule has 5 heteroatoms. The predicted octanol–water partition coefficient (Wildman–Crippen LogP) is 2.93. The molecular formula is C13H14BrN3O. The highest BCUT2D eigenvalue weighted by Crippen LogP contribution is 2.29. The summed E-state index contributed by atoms with van der Waals surface area (Å²) in [6, 6.07) is 7.50. The van der Waals surface area contributed by atoms with Crippen molar-refractivity contribution >= 4 is 15.9 Å². The molecule has 94 valence electrons. The molecule has 0 amide bonds. The highest BCUT2D eigenvalue weighted by atomic mass is 79.9. The highest BCUT2D eigenvalue weighted by molar-refractivity contribution is 9.10. The Morgan fingerprint density at radius 3 is 2.72 bits per heavy atom. The fourth-order valence-corrected chi connectivity index (χ4v) is 2.12. The lowest BCUT2D eigenvalue weighted by molar-refractivity contribution is 0.412. The standard InChI is InChI=1S/C13H14BrN3O/c1-8(15)13-16-6-5-11(17-13)9-3-4-12(18-2)10(14)7-9/h3-8H,15H2,1-2H3. The quantitative estimate of drug-likeness (QED) is 0.947. The molecule has 1 atom stereocenters. The van der Waals surface area contributed by atoms with Gasteiger partial charge in [0.2, 0.25) is 0 Å². The minimum Gasteiger partial charge on any atom is -0.496 e. The summed E-state index contributed by atoms with van der Waals surface area (Å²) in [6.45, 7) is 1.86. The summed E-state index contributed by atoms with van der Waals surface area (Å²) < 4.78 is 6.09. The summed E-state index contributed by atoms with van der Waals surface area (Å²) in [5.74, 6) is 1.43. The second-order valence-corrected chi connectivity index (χ2v) is 4.79. The fraction of sp³-hybridized carbons (Fsp3) is 0.231.